The summed E-state index contributed by atoms with van der Waals surface area (Å²) in [5, 5.41) is 2.42. The minimum Gasteiger partial charge on any atom is -0.383 e. The van der Waals surface area contributed by atoms with Gasteiger partial charge in [-0.25, -0.2) is 4.98 Å². The van der Waals surface area contributed by atoms with Gasteiger partial charge in [0, 0.05) is 22.9 Å². The van der Waals surface area contributed by atoms with E-state index < -0.39 is 0 Å². The lowest BCUT2D eigenvalue weighted by molar-refractivity contribution is 0.183. The van der Waals surface area contributed by atoms with Gasteiger partial charge in [0.2, 0.25) is 0 Å². The third-order valence-electron chi connectivity index (χ3n) is 3.72. The average Bonchev–Trinajstić information content (AvgIpc) is 2.60. The molecule has 0 atom stereocenters. The van der Waals surface area contributed by atoms with E-state index in [4.69, 9.17) is 27.9 Å². The summed E-state index contributed by atoms with van der Waals surface area (Å²) < 4.78 is 6.77. The average molecular weight is 395 g/mol. The second kappa shape index (κ2) is 8.23. The molecule has 0 saturated carbocycles. The summed E-state index contributed by atoms with van der Waals surface area (Å²) in [6, 6.07) is 12.8. The van der Waals surface area contributed by atoms with Crippen LogP contribution in [0.4, 0.5) is 0 Å². The van der Waals surface area contributed by atoms with Gasteiger partial charge in [0.1, 0.15) is 0 Å². The summed E-state index contributed by atoms with van der Waals surface area (Å²) in [4.78, 5) is 17.5. The Bertz CT molecular complexity index is 959. The summed E-state index contributed by atoms with van der Waals surface area (Å²) in [6.07, 6.45) is 0. The van der Waals surface area contributed by atoms with Crippen LogP contribution in [0.15, 0.2) is 52.4 Å². The standard InChI is InChI=1S/C18H16Cl2N2O2S/c1-24-9-8-22-17(23)14-7-6-13(19)10-16(14)21-18(22)25-11-12-4-2-3-5-15(12)20/h2-7,10H,8-9,11H2,1H3. The van der Waals surface area contributed by atoms with Crippen LogP contribution in [0.2, 0.25) is 10.0 Å². The predicted molar refractivity (Wildman–Crippen MR) is 104 cm³/mol. The number of hydrogen-bond donors (Lipinski definition) is 0. The Kier molecular flexibility index (Phi) is 6.02. The Morgan fingerprint density at radius 2 is 2.00 bits per heavy atom. The highest BCUT2D eigenvalue weighted by Crippen LogP contribution is 2.26. The van der Waals surface area contributed by atoms with E-state index in [1.165, 1.54) is 11.8 Å². The maximum Gasteiger partial charge on any atom is 0.262 e. The quantitative estimate of drug-likeness (QED) is 0.451. The molecular weight excluding hydrogens is 379 g/mol. The van der Waals surface area contributed by atoms with Crippen molar-refractivity contribution in [3.8, 4) is 0 Å². The fourth-order valence-corrected chi connectivity index (χ4v) is 3.90. The Labute approximate surface area is 159 Å². The Balaban J connectivity index is 2.01. The number of ether oxygens (including phenoxy) is 1. The topological polar surface area (TPSA) is 44.1 Å². The van der Waals surface area contributed by atoms with E-state index >= 15 is 0 Å². The van der Waals surface area contributed by atoms with Gasteiger partial charge in [-0.1, -0.05) is 53.2 Å². The van der Waals surface area contributed by atoms with Crippen LogP contribution in [0.25, 0.3) is 10.9 Å². The molecule has 2 aromatic carbocycles. The minimum atomic E-state index is -0.0969. The number of aromatic nitrogens is 2. The number of nitrogens with zero attached hydrogens (tertiary/aromatic N) is 2. The fourth-order valence-electron chi connectivity index (χ4n) is 2.42. The zero-order valence-corrected chi connectivity index (χ0v) is 15.9. The van der Waals surface area contributed by atoms with E-state index in [0.717, 1.165) is 5.56 Å². The number of benzene rings is 2. The van der Waals surface area contributed by atoms with Crippen LogP contribution in [0, 0.1) is 0 Å². The van der Waals surface area contributed by atoms with Crippen molar-refractivity contribution in [2.24, 2.45) is 0 Å². The molecule has 0 N–H and O–H groups in total. The first-order valence-corrected chi connectivity index (χ1v) is 9.39. The Morgan fingerprint density at radius 1 is 1.20 bits per heavy atom. The smallest absolute Gasteiger partial charge is 0.262 e. The summed E-state index contributed by atoms with van der Waals surface area (Å²) in [5.41, 5.74) is 1.49. The van der Waals surface area contributed by atoms with E-state index in [1.807, 2.05) is 24.3 Å². The van der Waals surface area contributed by atoms with Crippen LogP contribution in [-0.4, -0.2) is 23.3 Å². The van der Waals surface area contributed by atoms with Crippen molar-refractivity contribution in [3.05, 3.63) is 68.4 Å². The third-order valence-corrected chi connectivity index (χ3v) is 5.35. The molecule has 1 heterocycles. The summed E-state index contributed by atoms with van der Waals surface area (Å²) in [5.74, 6) is 0.616. The molecule has 0 aliphatic heterocycles. The maximum absolute atomic E-state index is 12.8. The van der Waals surface area contributed by atoms with Gasteiger partial charge in [-0.05, 0) is 29.8 Å². The molecule has 0 spiro atoms. The highest BCUT2D eigenvalue weighted by Gasteiger charge is 2.13. The molecule has 25 heavy (non-hydrogen) atoms. The number of rotatable bonds is 6. The second-order valence-corrected chi connectivity index (χ2v) is 7.17. The van der Waals surface area contributed by atoms with Crippen molar-refractivity contribution < 1.29 is 4.74 Å². The maximum atomic E-state index is 12.8. The lowest BCUT2D eigenvalue weighted by Gasteiger charge is -2.13. The molecule has 0 bridgehead atoms. The van der Waals surface area contributed by atoms with E-state index in [-0.39, 0.29) is 5.56 Å². The molecular formula is C18H16Cl2N2O2S. The number of fused-ring (bicyclic) bond motifs is 1. The molecule has 130 valence electrons. The number of methoxy groups -OCH3 is 1. The molecule has 1 aromatic heterocycles. The highest BCUT2D eigenvalue weighted by atomic mass is 35.5. The molecule has 3 rings (SSSR count). The van der Waals surface area contributed by atoms with Gasteiger partial charge in [0.25, 0.3) is 5.56 Å². The van der Waals surface area contributed by atoms with E-state index in [2.05, 4.69) is 4.98 Å². The molecule has 0 saturated heterocycles. The largest absolute Gasteiger partial charge is 0.383 e. The lowest BCUT2D eigenvalue weighted by atomic mass is 10.2. The van der Waals surface area contributed by atoms with Crippen molar-refractivity contribution in [3.63, 3.8) is 0 Å². The molecule has 0 unspecified atom stereocenters. The van der Waals surface area contributed by atoms with Gasteiger partial charge in [-0.15, -0.1) is 0 Å². The minimum absolute atomic E-state index is 0.0969. The van der Waals surface area contributed by atoms with Crippen LogP contribution in [-0.2, 0) is 17.0 Å². The zero-order valence-electron chi connectivity index (χ0n) is 13.5. The SMILES string of the molecule is COCCn1c(SCc2ccccc2Cl)nc2cc(Cl)ccc2c1=O. The molecule has 0 amide bonds. The van der Waals surface area contributed by atoms with Crippen molar-refractivity contribution in [1.29, 1.82) is 0 Å². The van der Waals surface area contributed by atoms with Gasteiger partial charge in [0.15, 0.2) is 5.16 Å². The number of hydrogen-bond acceptors (Lipinski definition) is 4. The van der Waals surface area contributed by atoms with Gasteiger partial charge in [-0.3, -0.25) is 9.36 Å². The monoisotopic (exact) mass is 394 g/mol. The molecule has 3 aromatic rings. The van der Waals surface area contributed by atoms with Crippen LogP contribution < -0.4 is 5.56 Å². The van der Waals surface area contributed by atoms with Gasteiger partial charge < -0.3 is 4.74 Å². The molecule has 7 heteroatoms. The summed E-state index contributed by atoms with van der Waals surface area (Å²) in [7, 11) is 1.61. The van der Waals surface area contributed by atoms with Crippen molar-refractivity contribution in [1.82, 2.24) is 9.55 Å². The molecule has 0 radical (unpaired) electrons. The first-order chi connectivity index (χ1) is 12.1. The van der Waals surface area contributed by atoms with Gasteiger partial charge >= 0.3 is 0 Å². The summed E-state index contributed by atoms with van der Waals surface area (Å²) in [6.45, 7) is 0.867. The van der Waals surface area contributed by atoms with Crippen molar-refractivity contribution in [2.45, 2.75) is 17.5 Å². The first kappa shape index (κ1) is 18.3. The normalized spacial score (nSPS) is 11.2. The van der Waals surface area contributed by atoms with Crippen LogP contribution in [0.3, 0.4) is 0 Å². The summed E-state index contributed by atoms with van der Waals surface area (Å²) >= 11 is 13.7. The molecule has 4 nitrogen and oxygen atoms in total. The third kappa shape index (κ3) is 4.18. The highest BCUT2D eigenvalue weighted by molar-refractivity contribution is 7.98. The molecule has 0 aliphatic carbocycles. The lowest BCUT2D eigenvalue weighted by Crippen LogP contribution is -2.25. The zero-order chi connectivity index (χ0) is 17.8. The number of thioether (sulfide) groups is 1. The Hall–Kier alpha value is -1.53. The Morgan fingerprint density at radius 3 is 2.76 bits per heavy atom. The van der Waals surface area contributed by atoms with Crippen LogP contribution in [0.5, 0.6) is 0 Å². The van der Waals surface area contributed by atoms with Crippen LogP contribution in [0.1, 0.15) is 5.56 Å². The number of halogens is 2. The van der Waals surface area contributed by atoms with Crippen molar-refractivity contribution >= 4 is 45.9 Å². The van der Waals surface area contributed by atoms with Gasteiger partial charge in [-0.2, -0.15) is 0 Å². The van der Waals surface area contributed by atoms with E-state index in [9.17, 15) is 4.79 Å². The predicted octanol–water partition coefficient (Wildman–Crippen LogP) is 4.64. The second-order valence-electron chi connectivity index (χ2n) is 5.39. The van der Waals surface area contributed by atoms with Crippen LogP contribution >= 0.6 is 35.0 Å². The first-order valence-electron chi connectivity index (χ1n) is 7.65. The molecule has 0 fully saturated rings. The van der Waals surface area contributed by atoms with E-state index in [1.54, 1.807) is 29.9 Å². The molecule has 0 aliphatic rings. The van der Waals surface area contributed by atoms with Crippen molar-refractivity contribution in [2.75, 3.05) is 13.7 Å². The van der Waals surface area contributed by atoms with Gasteiger partial charge in [0.05, 0.1) is 24.1 Å². The van der Waals surface area contributed by atoms with E-state index in [0.29, 0.717) is 45.0 Å². The fraction of sp³-hybridized carbons (Fsp3) is 0.222.